The van der Waals surface area contributed by atoms with E-state index in [9.17, 15) is 4.79 Å². The van der Waals surface area contributed by atoms with Crippen molar-refractivity contribution < 1.29 is 18.7 Å². The van der Waals surface area contributed by atoms with E-state index in [-0.39, 0.29) is 5.76 Å². The maximum Gasteiger partial charge on any atom is 0.373 e. The molecule has 21 heavy (non-hydrogen) atoms. The summed E-state index contributed by atoms with van der Waals surface area (Å²) in [5.74, 6) is 0.453. The predicted molar refractivity (Wildman–Crippen MR) is 75.3 cm³/mol. The molecular weight excluding hydrogens is 294 g/mol. The molecule has 0 fully saturated rings. The van der Waals surface area contributed by atoms with Crippen molar-refractivity contribution in [3.63, 3.8) is 0 Å². The highest BCUT2D eigenvalue weighted by atomic mass is 35.5. The fourth-order valence-corrected chi connectivity index (χ4v) is 1.92. The van der Waals surface area contributed by atoms with Crippen molar-refractivity contribution in [3.8, 4) is 11.8 Å². The summed E-state index contributed by atoms with van der Waals surface area (Å²) in [6.07, 6.45) is -0.450. The van der Waals surface area contributed by atoms with Gasteiger partial charge < -0.3 is 13.9 Å². The summed E-state index contributed by atoms with van der Waals surface area (Å²) in [4.78, 5) is 11.3. The SMILES string of the molecule is COC(=O)c1ccc(C(C)Oc2ccc(C#N)cc2Cl)o1. The third-order valence-corrected chi connectivity index (χ3v) is 3.07. The van der Waals surface area contributed by atoms with Crippen LogP contribution in [0.15, 0.2) is 34.7 Å². The van der Waals surface area contributed by atoms with Crippen molar-refractivity contribution >= 4 is 17.6 Å². The molecule has 0 radical (unpaired) electrons. The second-order valence-corrected chi connectivity index (χ2v) is 4.62. The van der Waals surface area contributed by atoms with Crippen molar-refractivity contribution in [2.75, 3.05) is 7.11 Å². The lowest BCUT2D eigenvalue weighted by Crippen LogP contribution is -2.03. The molecule has 0 aliphatic carbocycles. The lowest BCUT2D eigenvalue weighted by atomic mass is 10.2. The molecule has 6 heteroatoms. The zero-order valence-electron chi connectivity index (χ0n) is 11.4. The van der Waals surface area contributed by atoms with Gasteiger partial charge in [0.2, 0.25) is 5.76 Å². The summed E-state index contributed by atoms with van der Waals surface area (Å²) in [7, 11) is 1.28. The average Bonchev–Trinajstić information content (AvgIpc) is 2.98. The molecule has 0 N–H and O–H groups in total. The van der Waals surface area contributed by atoms with Crippen molar-refractivity contribution in [1.29, 1.82) is 5.26 Å². The number of halogens is 1. The molecule has 5 nitrogen and oxygen atoms in total. The van der Waals surface area contributed by atoms with E-state index >= 15 is 0 Å². The molecule has 0 spiro atoms. The smallest absolute Gasteiger partial charge is 0.373 e. The topological polar surface area (TPSA) is 72.5 Å². The molecule has 1 atom stereocenters. The first-order valence-corrected chi connectivity index (χ1v) is 6.47. The van der Waals surface area contributed by atoms with Gasteiger partial charge in [-0.15, -0.1) is 0 Å². The van der Waals surface area contributed by atoms with Crippen LogP contribution in [-0.2, 0) is 4.74 Å². The Bertz CT molecular complexity index is 702. The van der Waals surface area contributed by atoms with Crippen molar-refractivity contribution in [3.05, 3.63) is 52.4 Å². The predicted octanol–water partition coefficient (Wildman–Crippen LogP) is 3.73. The third-order valence-electron chi connectivity index (χ3n) is 2.78. The minimum atomic E-state index is -0.551. The van der Waals surface area contributed by atoms with Gasteiger partial charge in [-0.25, -0.2) is 4.79 Å². The first kappa shape index (κ1) is 14.9. The largest absolute Gasteiger partial charge is 0.481 e. The van der Waals surface area contributed by atoms with Gasteiger partial charge in [0.25, 0.3) is 0 Å². The van der Waals surface area contributed by atoms with Crippen LogP contribution in [-0.4, -0.2) is 13.1 Å². The average molecular weight is 306 g/mol. The zero-order chi connectivity index (χ0) is 15.4. The number of furan rings is 1. The Morgan fingerprint density at radius 2 is 2.14 bits per heavy atom. The Kier molecular flexibility index (Phi) is 4.51. The van der Waals surface area contributed by atoms with E-state index in [2.05, 4.69) is 4.74 Å². The van der Waals surface area contributed by atoms with Crippen LogP contribution in [0.5, 0.6) is 5.75 Å². The quantitative estimate of drug-likeness (QED) is 0.805. The summed E-state index contributed by atoms with van der Waals surface area (Å²) >= 11 is 6.04. The van der Waals surface area contributed by atoms with Gasteiger partial charge in [0.1, 0.15) is 11.5 Å². The number of benzene rings is 1. The van der Waals surface area contributed by atoms with Crippen molar-refractivity contribution in [1.82, 2.24) is 0 Å². The van der Waals surface area contributed by atoms with Gasteiger partial charge in [-0.3, -0.25) is 0 Å². The summed E-state index contributed by atoms with van der Waals surface area (Å²) in [6, 6.07) is 9.88. The lowest BCUT2D eigenvalue weighted by Gasteiger charge is -2.13. The lowest BCUT2D eigenvalue weighted by molar-refractivity contribution is 0.0558. The van der Waals surface area contributed by atoms with Gasteiger partial charge in [-0.2, -0.15) is 5.26 Å². The number of hydrogen-bond acceptors (Lipinski definition) is 5. The fraction of sp³-hybridized carbons (Fsp3) is 0.200. The van der Waals surface area contributed by atoms with Gasteiger partial charge in [-0.1, -0.05) is 11.6 Å². The molecule has 0 bridgehead atoms. The zero-order valence-corrected chi connectivity index (χ0v) is 12.2. The van der Waals surface area contributed by atoms with Crippen LogP contribution in [0.1, 0.15) is 34.9 Å². The van der Waals surface area contributed by atoms with E-state index < -0.39 is 12.1 Å². The Balaban J connectivity index is 2.14. The Morgan fingerprint density at radius 3 is 2.76 bits per heavy atom. The van der Waals surface area contributed by atoms with E-state index in [0.29, 0.717) is 22.1 Å². The van der Waals surface area contributed by atoms with E-state index in [1.165, 1.54) is 19.2 Å². The number of rotatable bonds is 4. The first-order chi connectivity index (χ1) is 10.0. The van der Waals surface area contributed by atoms with Gasteiger partial charge in [0.15, 0.2) is 6.10 Å². The fourth-order valence-electron chi connectivity index (χ4n) is 1.70. The number of nitriles is 1. The molecule has 0 amide bonds. The molecule has 1 aromatic carbocycles. The molecule has 0 aliphatic rings. The van der Waals surface area contributed by atoms with Gasteiger partial charge in [0, 0.05) is 0 Å². The maximum absolute atomic E-state index is 11.3. The Hall–Kier alpha value is -2.45. The second-order valence-electron chi connectivity index (χ2n) is 4.21. The molecule has 1 unspecified atom stereocenters. The molecule has 1 heterocycles. The molecule has 1 aromatic heterocycles. The van der Waals surface area contributed by atoms with Crippen LogP contribution in [0.3, 0.4) is 0 Å². The number of nitrogens with zero attached hydrogens (tertiary/aromatic N) is 1. The molecular formula is C15H12ClNO4. The Morgan fingerprint density at radius 1 is 1.38 bits per heavy atom. The number of esters is 1. The third kappa shape index (κ3) is 3.36. The molecule has 108 valence electrons. The first-order valence-electron chi connectivity index (χ1n) is 6.09. The summed E-state index contributed by atoms with van der Waals surface area (Å²) in [5, 5.41) is 9.12. The summed E-state index contributed by atoms with van der Waals surface area (Å²) in [6.45, 7) is 1.76. The highest BCUT2D eigenvalue weighted by Crippen LogP contribution is 2.30. The molecule has 2 aromatic rings. The number of carbonyl (C=O) groups is 1. The second kappa shape index (κ2) is 6.33. The minimum Gasteiger partial charge on any atom is -0.481 e. The molecule has 0 saturated heterocycles. The van der Waals surface area contributed by atoms with Crippen LogP contribution in [0.4, 0.5) is 0 Å². The van der Waals surface area contributed by atoms with Crippen LogP contribution < -0.4 is 4.74 Å². The van der Waals surface area contributed by atoms with Gasteiger partial charge >= 0.3 is 5.97 Å². The summed E-state index contributed by atoms with van der Waals surface area (Å²) in [5.41, 5.74) is 0.450. The maximum atomic E-state index is 11.3. The van der Waals surface area contributed by atoms with E-state index in [1.54, 1.807) is 25.1 Å². The van der Waals surface area contributed by atoms with Crippen molar-refractivity contribution in [2.45, 2.75) is 13.0 Å². The van der Waals surface area contributed by atoms with E-state index in [4.69, 9.17) is 26.0 Å². The van der Waals surface area contributed by atoms with Crippen LogP contribution >= 0.6 is 11.6 Å². The highest BCUT2D eigenvalue weighted by molar-refractivity contribution is 6.32. The number of ether oxygens (including phenoxy) is 2. The molecule has 0 aliphatic heterocycles. The molecule has 0 saturated carbocycles. The minimum absolute atomic E-state index is 0.105. The Labute approximate surface area is 126 Å². The van der Waals surface area contributed by atoms with Gasteiger partial charge in [-0.05, 0) is 37.3 Å². The van der Waals surface area contributed by atoms with Crippen molar-refractivity contribution in [2.24, 2.45) is 0 Å². The van der Waals surface area contributed by atoms with Crippen LogP contribution in [0.2, 0.25) is 5.02 Å². The highest BCUT2D eigenvalue weighted by Gasteiger charge is 2.17. The number of carbonyl (C=O) groups excluding carboxylic acids is 1. The van der Waals surface area contributed by atoms with Crippen LogP contribution in [0.25, 0.3) is 0 Å². The van der Waals surface area contributed by atoms with Gasteiger partial charge in [0.05, 0.1) is 23.8 Å². The standard InChI is InChI=1S/C15H12ClNO4/c1-9(12-5-6-14(21-12)15(18)19-2)20-13-4-3-10(8-17)7-11(13)16/h3-7,9H,1-2H3. The molecule has 2 rings (SSSR count). The number of methoxy groups -OCH3 is 1. The monoisotopic (exact) mass is 305 g/mol. The van der Waals surface area contributed by atoms with E-state index in [0.717, 1.165) is 0 Å². The number of hydrogen-bond donors (Lipinski definition) is 0. The summed E-state index contributed by atoms with van der Waals surface area (Å²) < 4.78 is 15.6. The normalized spacial score (nSPS) is 11.5. The van der Waals surface area contributed by atoms with E-state index in [1.807, 2.05) is 6.07 Å². The van der Waals surface area contributed by atoms with Crippen LogP contribution in [0, 0.1) is 11.3 Å².